The van der Waals surface area contributed by atoms with Gasteiger partial charge in [0.25, 0.3) is 0 Å². The molecule has 0 amide bonds. The van der Waals surface area contributed by atoms with E-state index in [-0.39, 0.29) is 5.41 Å². The number of allylic oxidation sites excluding steroid dienone is 2. The molecule has 2 nitrogen and oxygen atoms in total. The van der Waals surface area contributed by atoms with Crippen LogP contribution in [-0.2, 0) is 5.41 Å². The fourth-order valence-corrected chi connectivity index (χ4v) is 8.57. The second kappa shape index (κ2) is 12.5. The predicted molar refractivity (Wildman–Crippen MR) is 227 cm³/mol. The number of aryl methyl sites for hydroxylation is 1. The van der Waals surface area contributed by atoms with Gasteiger partial charge in [0, 0.05) is 39.2 Å². The Morgan fingerprint density at radius 1 is 0.509 bits per heavy atom. The first-order valence-corrected chi connectivity index (χ1v) is 18.7. The van der Waals surface area contributed by atoms with Gasteiger partial charge in [-0.25, -0.2) is 0 Å². The smallest absolute Gasteiger partial charge is 0.0537 e. The van der Waals surface area contributed by atoms with Crippen molar-refractivity contribution in [3.63, 3.8) is 0 Å². The minimum Gasteiger partial charge on any atom is -0.314 e. The summed E-state index contributed by atoms with van der Waals surface area (Å²) in [6.07, 6.45) is 0. The fourth-order valence-electron chi connectivity index (χ4n) is 8.57. The SMILES string of the molecule is CC(=C(C)c1ccc2c(c1)C(C)(C)c1cc3c(cc1-2)c(C)c(C)n3-c1ccccc1)c1ccc(N(c2ccccc2)c2ccc3ccccc3c2)cc1. The fraction of sp³-hybridized carbons (Fsp3) is 0.137. The van der Waals surface area contributed by atoms with E-state index >= 15 is 0 Å². The van der Waals surface area contributed by atoms with Crippen LogP contribution in [0.15, 0.2) is 158 Å². The first-order chi connectivity index (χ1) is 25.7. The second-order valence-corrected chi connectivity index (χ2v) is 15.2. The van der Waals surface area contributed by atoms with Crippen LogP contribution in [0.1, 0.15) is 61.2 Å². The van der Waals surface area contributed by atoms with E-state index in [1.54, 1.807) is 0 Å². The average Bonchev–Trinajstić information content (AvgIpc) is 3.58. The Balaban J connectivity index is 1.07. The minimum atomic E-state index is -0.123. The average molecular weight is 685 g/mol. The molecule has 0 spiro atoms. The lowest BCUT2D eigenvalue weighted by Crippen LogP contribution is -2.15. The van der Waals surface area contributed by atoms with E-state index < -0.39 is 0 Å². The van der Waals surface area contributed by atoms with Gasteiger partial charge < -0.3 is 9.47 Å². The number of nitrogens with zero attached hydrogens (tertiary/aromatic N) is 2. The van der Waals surface area contributed by atoms with E-state index in [2.05, 4.69) is 209 Å². The molecule has 0 aliphatic heterocycles. The quantitative estimate of drug-likeness (QED) is 0.158. The van der Waals surface area contributed by atoms with Gasteiger partial charge in [0.05, 0.1) is 5.52 Å². The summed E-state index contributed by atoms with van der Waals surface area (Å²) in [5.74, 6) is 0. The maximum absolute atomic E-state index is 2.46. The summed E-state index contributed by atoms with van der Waals surface area (Å²) < 4.78 is 2.43. The third-order valence-electron chi connectivity index (χ3n) is 11.9. The van der Waals surface area contributed by atoms with Gasteiger partial charge in [0.2, 0.25) is 0 Å². The number of anilines is 3. The van der Waals surface area contributed by atoms with Gasteiger partial charge in [0.1, 0.15) is 0 Å². The van der Waals surface area contributed by atoms with Crippen LogP contribution in [0.2, 0.25) is 0 Å². The molecule has 0 radical (unpaired) electrons. The topological polar surface area (TPSA) is 8.17 Å². The standard InChI is InChI=1S/C51H44N2/c1-33(37-21-25-43(26-22-37)53(42-19-11-8-12-20-42)44-27-23-38-15-13-14-16-40(38)29-44)34(2)39-24-28-45-47-31-46-35(3)36(4)52(41-17-9-7-10-18-41)50(46)32-49(47)51(5,6)48(45)30-39/h7-32H,1-6H3. The van der Waals surface area contributed by atoms with Crippen molar-refractivity contribution in [2.75, 3.05) is 4.90 Å². The molecule has 258 valence electrons. The highest BCUT2D eigenvalue weighted by atomic mass is 15.1. The van der Waals surface area contributed by atoms with Crippen LogP contribution in [0.3, 0.4) is 0 Å². The molecule has 53 heavy (non-hydrogen) atoms. The van der Waals surface area contributed by atoms with E-state index in [0.717, 1.165) is 17.1 Å². The number of fused-ring (bicyclic) bond motifs is 5. The van der Waals surface area contributed by atoms with Gasteiger partial charge in [-0.3, -0.25) is 0 Å². The van der Waals surface area contributed by atoms with Gasteiger partial charge in [-0.05, 0) is 155 Å². The molecule has 1 aromatic heterocycles. The lowest BCUT2D eigenvalue weighted by Gasteiger charge is -2.26. The molecule has 2 heteroatoms. The Kier molecular flexibility index (Phi) is 7.75. The Labute approximate surface area is 313 Å². The van der Waals surface area contributed by atoms with Crippen LogP contribution in [-0.4, -0.2) is 4.57 Å². The molecule has 1 aliphatic rings. The van der Waals surface area contributed by atoms with E-state index in [1.807, 2.05) is 0 Å². The molecule has 1 aliphatic carbocycles. The molecular formula is C51H44N2. The van der Waals surface area contributed by atoms with Gasteiger partial charge in [-0.2, -0.15) is 0 Å². The number of rotatable bonds is 6. The second-order valence-electron chi connectivity index (χ2n) is 15.2. The van der Waals surface area contributed by atoms with Crippen molar-refractivity contribution >= 4 is 49.9 Å². The summed E-state index contributed by atoms with van der Waals surface area (Å²) in [5.41, 5.74) is 19.0. The first kappa shape index (κ1) is 32.8. The summed E-state index contributed by atoms with van der Waals surface area (Å²) in [7, 11) is 0. The van der Waals surface area contributed by atoms with Crippen LogP contribution in [0.4, 0.5) is 17.1 Å². The van der Waals surface area contributed by atoms with Crippen molar-refractivity contribution in [3.05, 3.63) is 191 Å². The van der Waals surface area contributed by atoms with E-state index in [9.17, 15) is 0 Å². The summed E-state index contributed by atoms with van der Waals surface area (Å²) in [6.45, 7) is 13.8. The highest BCUT2D eigenvalue weighted by Crippen LogP contribution is 2.51. The van der Waals surface area contributed by atoms with Crippen LogP contribution >= 0.6 is 0 Å². The zero-order valence-electron chi connectivity index (χ0n) is 31.4. The Bertz CT molecular complexity index is 2710. The molecule has 0 fully saturated rings. The minimum absolute atomic E-state index is 0.123. The zero-order chi connectivity index (χ0) is 36.4. The summed E-state index contributed by atoms with van der Waals surface area (Å²) in [5, 5.41) is 3.81. The zero-order valence-corrected chi connectivity index (χ0v) is 31.4. The molecule has 0 saturated heterocycles. The first-order valence-electron chi connectivity index (χ1n) is 18.7. The molecular weight excluding hydrogens is 641 g/mol. The maximum Gasteiger partial charge on any atom is 0.0537 e. The van der Waals surface area contributed by atoms with Gasteiger partial charge in [-0.15, -0.1) is 0 Å². The van der Waals surface area contributed by atoms with Crippen LogP contribution < -0.4 is 4.90 Å². The van der Waals surface area contributed by atoms with Gasteiger partial charge >= 0.3 is 0 Å². The van der Waals surface area contributed by atoms with Crippen LogP contribution in [0.25, 0.3) is 49.6 Å². The molecule has 1 heterocycles. The molecule has 8 aromatic rings. The molecule has 7 aromatic carbocycles. The van der Waals surface area contributed by atoms with E-state index in [1.165, 1.54) is 83.1 Å². The van der Waals surface area contributed by atoms with Gasteiger partial charge in [-0.1, -0.05) is 105 Å². The van der Waals surface area contributed by atoms with Crippen molar-refractivity contribution in [3.8, 4) is 16.8 Å². The number of benzene rings is 7. The highest BCUT2D eigenvalue weighted by Gasteiger charge is 2.37. The Morgan fingerprint density at radius 3 is 1.83 bits per heavy atom. The normalized spacial score (nSPS) is 13.5. The van der Waals surface area contributed by atoms with Gasteiger partial charge in [0.15, 0.2) is 0 Å². The third kappa shape index (κ3) is 5.32. The van der Waals surface area contributed by atoms with Crippen LogP contribution in [0.5, 0.6) is 0 Å². The van der Waals surface area contributed by atoms with Crippen molar-refractivity contribution in [1.82, 2.24) is 4.57 Å². The van der Waals surface area contributed by atoms with Crippen molar-refractivity contribution in [2.45, 2.75) is 47.0 Å². The monoisotopic (exact) mass is 684 g/mol. The number of hydrogen-bond acceptors (Lipinski definition) is 1. The number of hydrogen-bond donors (Lipinski definition) is 0. The van der Waals surface area contributed by atoms with Crippen LogP contribution in [0, 0.1) is 13.8 Å². The lowest BCUT2D eigenvalue weighted by atomic mass is 9.81. The Morgan fingerprint density at radius 2 is 1.09 bits per heavy atom. The molecule has 0 atom stereocenters. The lowest BCUT2D eigenvalue weighted by molar-refractivity contribution is 0.660. The van der Waals surface area contributed by atoms with Crippen molar-refractivity contribution in [1.29, 1.82) is 0 Å². The molecule has 0 bridgehead atoms. The predicted octanol–water partition coefficient (Wildman–Crippen LogP) is 14.1. The number of aromatic nitrogens is 1. The Hall–Kier alpha value is -6.12. The summed E-state index contributed by atoms with van der Waals surface area (Å²) in [4.78, 5) is 2.34. The maximum atomic E-state index is 2.46. The molecule has 0 N–H and O–H groups in total. The molecule has 9 rings (SSSR count). The van der Waals surface area contributed by atoms with E-state index in [4.69, 9.17) is 0 Å². The van der Waals surface area contributed by atoms with E-state index in [0.29, 0.717) is 0 Å². The summed E-state index contributed by atoms with van der Waals surface area (Å²) in [6, 6.07) is 57.8. The van der Waals surface area contributed by atoms with Crippen molar-refractivity contribution < 1.29 is 0 Å². The third-order valence-corrected chi connectivity index (χ3v) is 11.9. The van der Waals surface area contributed by atoms with Crippen molar-refractivity contribution in [2.24, 2.45) is 0 Å². The number of para-hydroxylation sites is 2. The molecule has 0 saturated carbocycles. The molecule has 0 unspecified atom stereocenters. The summed E-state index contributed by atoms with van der Waals surface area (Å²) >= 11 is 0. The largest absolute Gasteiger partial charge is 0.314 e. The highest BCUT2D eigenvalue weighted by molar-refractivity contribution is 5.97.